The number of carbonyl (C=O) groups excluding carboxylic acids is 1. The Morgan fingerprint density at radius 2 is 1.95 bits per heavy atom. The summed E-state index contributed by atoms with van der Waals surface area (Å²) in [4.78, 5) is 22.8. The molecule has 0 radical (unpaired) electrons. The van der Waals surface area contributed by atoms with Crippen LogP contribution >= 0.6 is 0 Å². The summed E-state index contributed by atoms with van der Waals surface area (Å²) in [6.45, 7) is 7.26. The van der Waals surface area contributed by atoms with E-state index in [-0.39, 0.29) is 5.92 Å². The van der Waals surface area contributed by atoms with Crippen molar-refractivity contribution in [3.05, 3.63) is 23.0 Å². The molecule has 1 rings (SSSR count). The molecule has 0 bridgehead atoms. The van der Waals surface area contributed by atoms with Crippen molar-refractivity contribution >= 4 is 18.0 Å². The number of rotatable bonds is 5. The van der Waals surface area contributed by atoms with Crippen LogP contribution in [0, 0.1) is 19.8 Å². The van der Waals surface area contributed by atoms with E-state index in [1.807, 2.05) is 20.9 Å². The molecule has 20 heavy (non-hydrogen) atoms. The number of hydrogen-bond donors (Lipinski definition) is 2. The molecule has 1 heterocycles. The molecule has 0 aliphatic heterocycles. The summed E-state index contributed by atoms with van der Waals surface area (Å²) in [6, 6.07) is -0.886. The van der Waals surface area contributed by atoms with Gasteiger partial charge in [-0.05, 0) is 25.8 Å². The monoisotopic (exact) mass is 279 g/mol. The second kappa shape index (κ2) is 6.36. The van der Waals surface area contributed by atoms with E-state index in [0.717, 1.165) is 17.0 Å². The largest absolute Gasteiger partial charge is 0.480 e. The van der Waals surface area contributed by atoms with Crippen LogP contribution in [0.25, 0.3) is 6.08 Å². The van der Waals surface area contributed by atoms with Crippen LogP contribution in [-0.2, 0) is 16.6 Å². The molecule has 1 atom stereocenters. The van der Waals surface area contributed by atoms with E-state index >= 15 is 0 Å². The fourth-order valence-electron chi connectivity index (χ4n) is 1.91. The summed E-state index contributed by atoms with van der Waals surface area (Å²) in [6.07, 6.45) is 3.00. The lowest BCUT2D eigenvalue weighted by atomic mass is 10.0. The number of aliphatic carboxylic acids is 1. The molecule has 6 nitrogen and oxygen atoms in total. The number of aryl methyl sites for hydroxylation is 2. The van der Waals surface area contributed by atoms with Gasteiger partial charge in [-0.2, -0.15) is 5.10 Å². The smallest absolute Gasteiger partial charge is 0.326 e. The van der Waals surface area contributed by atoms with Gasteiger partial charge in [-0.25, -0.2) is 4.79 Å². The number of aromatic nitrogens is 2. The Bertz CT molecular complexity index is 544. The van der Waals surface area contributed by atoms with Gasteiger partial charge >= 0.3 is 5.97 Å². The highest BCUT2D eigenvalue weighted by Gasteiger charge is 2.22. The predicted molar refractivity (Wildman–Crippen MR) is 76.1 cm³/mol. The number of carboxylic acid groups (broad SMARTS) is 1. The molecule has 1 aromatic heterocycles. The molecule has 0 saturated heterocycles. The molecule has 0 unspecified atom stereocenters. The zero-order chi connectivity index (χ0) is 15.4. The zero-order valence-corrected chi connectivity index (χ0v) is 12.5. The minimum atomic E-state index is -1.03. The van der Waals surface area contributed by atoms with E-state index in [0.29, 0.717) is 0 Å². The highest BCUT2D eigenvalue weighted by Crippen LogP contribution is 2.13. The summed E-state index contributed by atoms with van der Waals surface area (Å²) in [5.74, 6) is -1.63. The van der Waals surface area contributed by atoms with Gasteiger partial charge in [0.05, 0.1) is 5.69 Å². The lowest BCUT2D eigenvalue weighted by Gasteiger charge is -2.16. The van der Waals surface area contributed by atoms with Crippen molar-refractivity contribution < 1.29 is 14.7 Å². The lowest BCUT2D eigenvalue weighted by molar-refractivity contribution is -0.142. The molecule has 0 saturated carbocycles. The third-order valence-corrected chi connectivity index (χ3v) is 3.20. The van der Waals surface area contributed by atoms with Crippen LogP contribution in [0.2, 0.25) is 0 Å². The Hall–Kier alpha value is -2.11. The summed E-state index contributed by atoms with van der Waals surface area (Å²) >= 11 is 0. The third kappa shape index (κ3) is 3.69. The normalized spacial score (nSPS) is 12.9. The van der Waals surface area contributed by atoms with E-state index in [4.69, 9.17) is 5.11 Å². The van der Waals surface area contributed by atoms with Crippen molar-refractivity contribution in [2.75, 3.05) is 0 Å². The van der Waals surface area contributed by atoms with Crippen LogP contribution in [0.3, 0.4) is 0 Å². The standard InChI is InChI=1S/C14H21N3O3/c1-8(2)13(14(19)20)15-12(18)7-6-11-9(3)16-17(5)10(11)4/h6-8,13H,1-5H3,(H,15,18)(H,19,20)/t13-/m1/s1. The Morgan fingerprint density at radius 3 is 2.35 bits per heavy atom. The topological polar surface area (TPSA) is 84.2 Å². The van der Waals surface area contributed by atoms with Gasteiger partial charge in [-0.15, -0.1) is 0 Å². The summed E-state index contributed by atoms with van der Waals surface area (Å²) in [7, 11) is 1.83. The molecular formula is C14H21N3O3. The van der Waals surface area contributed by atoms with Gasteiger partial charge in [0.2, 0.25) is 5.91 Å². The fourth-order valence-corrected chi connectivity index (χ4v) is 1.91. The Kier molecular flexibility index (Phi) is 5.07. The van der Waals surface area contributed by atoms with Gasteiger partial charge in [-0.3, -0.25) is 9.48 Å². The van der Waals surface area contributed by atoms with Gasteiger partial charge in [0, 0.05) is 24.4 Å². The van der Waals surface area contributed by atoms with E-state index in [1.54, 1.807) is 24.6 Å². The Labute approximate surface area is 118 Å². The van der Waals surface area contributed by atoms with Crippen LogP contribution in [0.5, 0.6) is 0 Å². The van der Waals surface area contributed by atoms with Crippen LogP contribution < -0.4 is 5.32 Å². The molecule has 0 spiro atoms. The molecule has 0 aliphatic rings. The van der Waals surface area contributed by atoms with Crippen LogP contribution in [-0.4, -0.2) is 32.8 Å². The zero-order valence-electron chi connectivity index (χ0n) is 12.5. The maximum atomic E-state index is 11.8. The summed E-state index contributed by atoms with van der Waals surface area (Å²) in [5.41, 5.74) is 2.65. The minimum absolute atomic E-state index is 0.174. The van der Waals surface area contributed by atoms with Crippen molar-refractivity contribution in [3.63, 3.8) is 0 Å². The maximum Gasteiger partial charge on any atom is 0.326 e. The molecule has 1 amide bonds. The first-order valence-electron chi connectivity index (χ1n) is 6.45. The number of amides is 1. The van der Waals surface area contributed by atoms with Gasteiger partial charge < -0.3 is 10.4 Å². The van der Waals surface area contributed by atoms with Gasteiger partial charge in [0.1, 0.15) is 6.04 Å². The highest BCUT2D eigenvalue weighted by molar-refractivity contribution is 5.94. The van der Waals surface area contributed by atoms with E-state index in [9.17, 15) is 9.59 Å². The minimum Gasteiger partial charge on any atom is -0.480 e. The van der Waals surface area contributed by atoms with Crippen molar-refractivity contribution in [1.82, 2.24) is 15.1 Å². The molecule has 110 valence electrons. The highest BCUT2D eigenvalue weighted by atomic mass is 16.4. The average molecular weight is 279 g/mol. The predicted octanol–water partition coefficient (Wildman–Crippen LogP) is 1.28. The SMILES string of the molecule is Cc1nn(C)c(C)c1C=CC(=O)N[C@@H](C(=O)O)C(C)C. The van der Waals surface area contributed by atoms with E-state index in [1.165, 1.54) is 6.08 Å². The van der Waals surface area contributed by atoms with Crippen LogP contribution in [0.1, 0.15) is 30.8 Å². The molecule has 0 aromatic carbocycles. The Morgan fingerprint density at radius 1 is 1.35 bits per heavy atom. The second-order valence-corrected chi connectivity index (χ2v) is 5.11. The number of nitrogens with one attached hydrogen (secondary N) is 1. The summed E-state index contributed by atoms with van der Waals surface area (Å²) < 4.78 is 1.74. The van der Waals surface area contributed by atoms with Crippen LogP contribution in [0.4, 0.5) is 0 Å². The number of hydrogen-bond acceptors (Lipinski definition) is 3. The molecule has 2 N–H and O–H groups in total. The van der Waals surface area contributed by atoms with Crippen LogP contribution in [0.15, 0.2) is 6.08 Å². The number of nitrogens with zero attached hydrogens (tertiary/aromatic N) is 2. The molecule has 1 aromatic rings. The first-order valence-corrected chi connectivity index (χ1v) is 6.45. The Balaban J connectivity index is 2.80. The molecular weight excluding hydrogens is 258 g/mol. The average Bonchev–Trinajstić information content (AvgIpc) is 2.57. The summed E-state index contributed by atoms with van der Waals surface area (Å²) in [5, 5.41) is 15.7. The van der Waals surface area contributed by atoms with Crippen molar-refractivity contribution in [2.45, 2.75) is 33.7 Å². The molecule has 0 aliphatic carbocycles. The third-order valence-electron chi connectivity index (χ3n) is 3.20. The quantitative estimate of drug-likeness (QED) is 0.795. The van der Waals surface area contributed by atoms with E-state index in [2.05, 4.69) is 10.4 Å². The molecule has 6 heteroatoms. The van der Waals surface area contributed by atoms with Gasteiger partial charge in [0.15, 0.2) is 0 Å². The van der Waals surface area contributed by atoms with Gasteiger partial charge in [-0.1, -0.05) is 13.8 Å². The first kappa shape index (κ1) is 15.9. The fraction of sp³-hybridized carbons (Fsp3) is 0.500. The van der Waals surface area contributed by atoms with Crippen molar-refractivity contribution in [2.24, 2.45) is 13.0 Å². The van der Waals surface area contributed by atoms with Crippen molar-refractivity contribution in [1.29, 1.82) is 0 Å². The lowest BCUT2D eigenvalue weighted by Crippen LogP contribution is -2.43. The number of carbonyl (C=O) groups is 2. The van der Waals surface area contributed by atoms with Crippen molar-refractivity contribution in [3.8, 4) is 0 Å². The van der Waals surface area contributed by atoms with Gasteiger partial charge in [0.25, 0.3) is 0 Å². The second-order valence-electron chi connectivity index (χ2n) is 5.11. The maximum absolute atomic E-state index is 11.8. The number of carboxylic acids is 1. The first-order chi connectivity index (χ1) is 9.23. The van der Waals surface area contributed by atoms with E-state index < -0.39 is 17.9 Å². The molecule has 0 fully saturated rings.